The van der Waals surface area contributed by atoms with Crippen LogP contribution >= 0.6 is 12.2 Å². The fourth-order valence-corrected chi connectivity index (χ4v) is 3.36. The number of ether oxygens (including phenoxy) is 2. The summed E-state index contributed by atoms with van der Waals surface area (Å²) in [4.78, 5) is 0. The molecule has 0 fully saturated rings. The maximum Gasteiger partial charge on any atom is 0.191 e. The molecule has 0 radical (unpaired) electrons. The Morgan fingerprint density at radius 2 is 1.72 bits per heavy atom. The Bertz CT molecular complexity index is 1020. The Morgan fingerprint density at radius 3 is 2.48 bits per heavy atom. The second-order valence-corrected chi connectivity index (χ2v) is 6.98. The van der Waals surface area contributed by atoms with Crippen LogP contribution in [0.4, 0.5) is 5.69 Å². The van der Waals surface area contributed by atoms with Crippen molar-refractivity contribution in [2.75, 3.05) is 12.4 Å². The van der Waals surface area contributed by atoms with Gasteiger partial charge >= 0.3 is 0 Å². The minimum absolute atomic E-state index is 0.0882. The van der Waals surface area contributed by atoms with Crippen molar-refractivity contribution >= 4 is 28.7 Å². The van der Waals surface area contributed by atoms with Gasteiger partial charge in [-0.05, 0) is 54.2 Å². The van der Waals surface area contributed by atoms with Crippen LogP contribution in [0.3, 0.4) is 0 Å². The molecule has 3 aromatic carbocycles. The molecule has 1 atom stereocenters. The van der Waals surface area contributed by atoms with E-state index in [-0.39, 0.29) is 6.10 Å². The molecule has 3 aromatic rings. The van der Waals surface area contributed by atoms with E-state index in [1.54, 1.807) is 7.11 Å². The molecule has 2 N–H and O–H groups in total. The maximum absolute atomic E-state index is 6.20. The summed E-state index contributed by atoms with van der Waals surface area (Å²) < 4.78 is 11.4. The summed E-state index contributed by atoms with van der Waals surface area (Å²) in [5.41, 5.74) is 6.82. The van der Waals surface area contributed by atoms with Gasteiger partial charge in [-0.1, -0.05) is 42.5 Å². The highest BCUT2D eigenvalue weighted by molar-refractivity contribution is 7.80. The Labute approximate surface area is 175 Å². The predicted molar refractivity (Wildman–Crippen MR) is 120 cm³/mol. The molecule has 0 bridgehead atoms. The number of hydrogen-bond donors (Lipinski definition) is 2. The van der Waals surface area contributed by atoms with Crippen LogP contribution in [-0.2, 0) is 0 Å². The second-order valence-electron chi connectivity index (χ2n) is 6.57. The number of hydrogen-bond acceptors (Lipinski definition) is 4. The molecule has 0 amide bonds. The summed E-state index contributed by atoms with van der Waals surface area (Å²) in [6.07, 6.45) is 0.564. The number of fused-ring (bicyclic) bond motifs is 1. The zero-order valence-electron chi connectivity index (χ0n) is 16.0. The lowest BCUT2D eigenvalue weighted by atomic mass is 9.96. The molecule has 1 aliphatic rings. The first kappa shape index (κ1) is 19.0. The molecule has 1 heterocycles. The lowest BCUT2D eigenvalue weighted by Gasteiger charge is -2.27. The van der Waals surface area contributed by atoms with Crippen LogP contribution < -0.4 is 20.2 Å². The first-order chi connectivity index (χ1) is 14.2. The quantitative estimate of drug-likeness (QED) is 0.479. The Morgan fingerprint density at radius 1 is 1.00 bits per heavy atom. The fraction of sp³-hybridized carbons (Fsp3) is 0.130. The third kappa shape index (κ3) is 4.55. The Balaban J connectivity index is 1.50. The van der Waals surface area contributed by atoms with Crippen LogP contribution in [0.2, 0.25) is 0 Å². The third-order valence-electron chi connectivity index (χ3n) is 4.66. The van der Waals surface area contributed by atoms with Gasteiger partial charge in [0.25, 0.3) is 0 Å². The first-order valence-corrected chi connectivity index (χ1v) is 9.72. The largest absolute Gasteiger partial charge is 0.497 e. The number of anilines is 1. The normalized spacial score (nSPS) is 16.4. The minimum Gasteiger partial charge on any atom is -0.497 e. The van der Waals surface area contributed by atoms with Crippen molar-refractivity contribution in [2.24, 2.45) is 5.10 Å². The van der Waals surface area contributed by atoms with E-state index in [1.165, 1.54) is 0 Å². The van der Waals surface area contributed by atoms with Crippen molar-refractivity contribution in [3.63, 3.8) is 0 Å². The molecular weight excluding hydrogens is 382 g/mol. The number of nitrogens with zero attached hydrogens (tertiary/aromatic N) is 1. The number of hydrazone groups is 1. The van der Waals surface area contributed by atoms with Crippen molar-refractivity contribution in [1.29, 1.82) is 0 Å². The van der Waals surface area contributed by atoms with Crippen molar-refractivity contribution in [2.45, 2.75) is 12.5 Å². The summed E-state index contributed by atoms with van der Waals surface area (Å²) in [6, 6.07) is 25.6. The van der Waals surface area contributed by atoms with E-state index in [0.717, 1.165) is 34.0 Å². The van der Waals surface area contributed by atoms with E-state index in [4.69, 9.17) is 21.7 Å². The number of benzene rings is 3. The fourth-order valence-electron chi connectivity index (χ4n) is 3.20. The molecule has 1 aliphatic heterocycles. The van der Waals surface area contributed by atoms with E-state index < -0.39 is 0 Å². The van der Waals surface area contributed by atoms with Crippen LogP contribution in [0.5, 0.6) is 11.5 Å². The highest BCUT2D eigenvalue weighted by Gasteiger charge is 2.26. The maximum atomic E-state index is 6.20. The highest BCUT2D eigenvalue weighted by Crippen LogP contribution is 2.34. The SMILES string of the molecule is COc1ccc(NC(=S)NN=C2C[C@H](c3ccccc3)Oc3ccccc32)cc1. The average molecular weight is 404 g/mol. The van der Waals surface area contributed by atoms with Gasteiger partial charge in [-0.25, -0.2) is 0 Å². The van der Waals surface area contributed by atoms with Crippen LogP contribution in [-0.4, -0.2) is 17.9 Å². The standard InChI is InChI=1S/C23H21N3O2S/c1-27-18-13-11-17(12-14-18)24-23(29)26-25-20-15-22(16-7-3-2-4-8-16)28-21-10-6-5-9-19(20)21/h2-14,22H,15H2,1H3,(H2,24,26,29)/t22-/m1/s1. The molecule has 146 valence electrons. The average Bonchev–Trinajstić information content (AvgIpc) is 2.78. The van der Waals surface area contributed by atoms with Crippen molar-refractivity contribution in [3.8, 4) is 11.5 Å². The van der Waals surface area contributed by atoms with Crippen LogP contribution in [0.1, 0.15) is 23.7 Å². The van der Waals surface area contributed by atoms with Crippen molar-refractivity contribution in [1.82, 2.24) is 5.43 Å². The number of rotatable bonds is 4. The summed E-state index contributed by atoms with van der Waals surface area (Å²) in [5, 5.41) is 8.13. The zero-order valence-corrected chi connectivity index (χ0v) is 16.8. The summed E-state index contributed by atoms with van der Waals surface area (Å²) in [7, 11) is 1.64. The predicted octanol–water partition coefficient (Wildman–Crippen LogP) is 4.91. The van der Waals surface area contributed by atoms with E-state index in [0.29, 0.717) is 11.5 Å². The van der Waals surface area contributed by atoms with Crippen LogP contribution in [0.25, 0.3) is 0 Å². The van der Waals surface area contributed by atoms with Crippen LogP contribution in [0, 0.1) is 0 Å². The number of nitrogens with one attached hydrogen (secondary N) is 2. The van der Waals surface area contributed by atoms with E-state index >= 15 is 0 Å². The smallest absolute Gasteiger partial charge is 0.191 e. The zero-order chi connectivity index (χ0) is 20.1. The topological polar surface area (TPSA) is 54.9 Å². The molecule has 0 aromatic heterocycles. The van der Waals surface area contributed by atoms with Crippen molar-refractivity contribution in [3.05, 3.63) is 90.0 Å². The Kier molecular flexibility index (Phi) is 5.72. The molecule has 4 rings (SSSR count). The van der Waals surface area contributed by atoms with Gasteiger partial charge in [-0.2, -0.15) is 5.10 Å². The molecule has 5 nitrogen and oxygen atoms in total. The monoisotopic (exact) mass is 403 g/mol. The number of thiocarbonyl (C=S) groups is 1. The summed E-state index contributed by atoms with van der Waals surface area (Å²) in [5.74, 6) is 1.61. The number of para-hydroxylation sites is 1. The van der Waals surface area contributed by atoms with Gasteiger partial charge in [0.15, 0.2) is 5.11 Å². The minimum atomic E-state index is -0.0882. The molecule has 6 heteroatoms. The highest BCUT2D eigenvalue weighted by atomic mass is 32.1. The van der Waals surface area contributed by atoms with Gasteiger partial charge in [-0.15, -0.1) is 0 Å². The lowest BCUT2D eigenvalue weighted by Crippen LogP contribution is -2.28. The summed E-state index contributed by atoms with van der Waals surface area (Å²) >= 11 is 5.40. The Hall–Kier alpha value is -3.38. The van der Waals surface area contributed by atoms with Gasteiger partial charge in [-0.3, -0.25) is 5.43 Å². The van der Waals surface area contributed by atoms with Crippen LogP contribution in [0.15, 0.2) is 84.0 Å². The van der Waals surface area contributed by atoms with E-state index in [1.807, 2.05) is 66.7 Å². The van der Waals surface area contributed by atoms with E-state index in [2.05, 4.69) is 28.0 Å². The molecule has 0 unspecified atom stereocenters. The molecule has 0 saturated carbocycles. The molecule has 0 saturated heterocycles. The van der Waals surface area contributed by atoms with Gasteiger partial charge in [0.05, 0.1) is 12.8 Å². The third-order valence-corrected chi connectivity index (χ3v) is 4.85. The molecule has 0 spiro atoms. The van der Waals surface area contributed by atoms with Gasteiger partial charge in [0.2, 0.25) is 0 Å². The van der Waals surface area contributed by atoms with Gasteiger partial charge < -0.3 is 14.8 Å². The van der Waals surface area contributed by atoms with Crippen molar-refractivity contribution < 1.29 is 9.47 Å². The molecule has 29 heavy (non-hydrogen) atoms. The summed E-state index contributed by atoms with van der Waals surface area (Å²) in [6.45, 7) is 0. The van der Waals surface area contributed by atoms with Gasteiger partial charge in [0, 0.05) is 17.7 Å². The van der Waals surface area contributed by atoms with Gasteiger partial charge in [0.1, 0.15) is 17.6 Å². The number of methoxy groups -OCH3 is 1. The lowest BCUT2D eigenvalue weighted by molar-refractivity contribution is 0.206. The second kappa shape index (κ2) is 8.75. The first-order valence-electron chi connectivity index (χ1n) is 9.31. The molecule has 0 aliphatic carbocycles. The van der Waals surface area contributed by atoms with E-state index in [9.17, 15) is 0 Å². The molecular formula is C23H21N3O2S.